The van der Waals surface area contributed by atoms with Gasteiger partial charge in [0.1, 0.15) is 11.6 Å². The second-order valence-corrected chi connectivity index (χ2v) is 6.53. The number of carbonyl (C=O) groups is 1. The molecular formula is C21H17F6N3O. The Balaban J connectivity index is 2.35. The molecule has 2 aromatic carbocycles. The average Bonchev–Trinajstić information content (AvgIpc) is 2.68. The number of halogens is 6. The normalized spacial score (nSPS) is 12.3. The number of nitrogens with one attached hydrogen (secondary N) is 2. The van der Waals surface area contributed by atoms with Crippen LogP contribution < -0.4 is 10.6 Å². The first-order valence-corrected chi connectivity index (χ1v) is 8.93. The van der Waals surface area contributed by atoms with E-state index in [1.54, 1.807) is 31.2 Å². The van der Waals surface area contributed by atoms with Gasteiger partial charge in [-0.2, -0.15) is 31.6 Å². The summed E-state index contributed by atoms with van der Waals surface area (Å²) in [5, 5.41) is 14.0. The second-order valence-electron chi connectivity index (χ2n) is 6.53. The zero-order chi connectivity index (χ0) is 23.4. The maximum atomic E-state index is 13.0. The van der Waals surface area contributed by atoms with Gasteiger partial charge in [-0.25, -0.2) is 0 Å². The van der Waals surface area contributed by atoms with Crippen LogP contribution in [0.15, 0.2) is 48.2 Å². The Bertz CT molecular complexity index is 1020. The van der Waals surface area contributed by atoms with Crippen molar-refractivity contribution in [3.05, 3.63) is 70.4 Å². The number of benzene rings is 2. The SMILES string of the molecule is CCc1cccc(C)c1NC(=O)/C(C#N)=C\Nc1cc(C(F)(F)F)cc(C(F)(F)F)c1. The van der Waals surface area contributed by atoms with E-state index in [4.69, 9.17) is 0 Å². The highest BCUT2D eigenvalue weighted by atomic mass is 19.4. The number of alkyl halides is 6. The molecule has 10 heteroatoms. The number of hydrogen-bond donors (Lipinski definition) is 2. The standard InChI is InChI=1S/C21H17F6N3O/c1-3-13-6-4-5-12(2)18(13)30-19(31)14(10-28)11-29-17-8-15(20(22,23)24)7-16(9-17)21(25,26)27/h4-9,11,29H,3H2,1-2H3,(H,30,31)/b14-11-. The molecule has 4 nitrogen and oxygen atoms in total. The van der Waals surface area contributed by atoms with Gasteiger partial charge in [-0.1, -0.05) is 25.1 Å². The molecule has 0 fully saturated rings. The summed E-state index contributed by atoms with van der Waals surface area (Å²) in [5.74, 6) is -0.859. The molecule has 2 aromatic rings. The smallest absolute Gasteiger partial charge is 0.360 e. The van der Waals surface area contributed by atoms with Crippen molar-refractivity contribution in [3.8, 4) is 6.07 Å². The van der Waals surface area contributed by atoms with E-state index in [-0.39, 0.29) is 6.07 Å². The molecular weight excluding hydrogens is 424 g/mol. The van der Waals surface area contributed by atoms with Crippen LogP contribution in [0, 0.1) is 18.3 Å². The first kappa shape index (κ1) is 23.8. The maximum Gasteiger partial charge on any atom is 0.416 e. The number of hydrogen-bond acceptors (Lipinski definition) is 3. The average molecular weight is 441 g/mol. The van der Waals surface area contributed by atoms with Crippen LogP contribution in [-0.4, -0.2) is 5.91 Å². The van der Waals surface area contributed by atoms with Gasteiger partial charge in [0.05, 0.1) is 11.1 Å². The third kappa shape index (κ3) is 6.01. The van der Waals surface area contributed by atoms with E-state index in [9.17, 15) is 36.4 Å². The van der Waals surface area contributed by atoms with E-state index in [1.165, 1.54) is 0 Å². The van der Waals surface area contributed by atoms with E-state index in [0.29, 0.717) is 24.2 Å². The van der Waals surface area contributed by atoms with Crippen molar-refractivity contribution in [1.82, 2.24) is 0 Å². The summed E-state index contributed by atoms with van der Waals surface area (Å²) in [7, 11) is 0. The molecule has 0 aliphatic rings. The van der Waals surface area contributed by atoms with Gasteiger partial charge in [0, 0.05) is 17.6 Å². The van der Waals surface area contributed by atoms with Crippen molar-refractivity contribution < 1.29 is 31.1 Å². The molecule has 0 spiro atoms. The Hall–Kier alpha value is -3.48. The molecule has 0 heterocycles. The van der Waals surface area contributed by atoms with E-state index in [1.807, 2.05) is 6.92 Å². The molecule has 0 aliphatic heterocycles. The zero-order valence-corrected chi connectivity index (χ0v) is 16.4. The third-order valence-electron chi connectivity index (χ3n) is 4.31. The van der Waals surface area contributed by atoms with E-state index < -0.39 is 40.6 Å². The summed E-state index contributed by atoms with van der Waals surface area (Å²) in [6.07, 6.45) is -8.68. The zero-order valence-electron chi connectivity index (χ0n) is 16.4. The van der Waals surface area contributed by atoms with Crippen molar-refractivity contribution >= 4 is 17.3 Å². The lowest BCUT2D eigenvalue weighted by atomic mass is 10.1. The molecule has 0 bridgehead atoms. The molecule has 164 valence electrons. The number of nitriles is 1. The fraction of sp³-hybridized carbons (Fsp3) is 0.238. The van der Waals surface area contributed by atoms with Crippen molar-refractivity contribution in [3.63, 3.8) is 0 Å². The molecule has 1 amide bonds. The number of aryl methyl sites for hydroxylation is 2. The van der Waals surface area contributed by atoms with Crippen molar-refractivity contribution in [1.29, 1.82) is 5.26 Å². The summed E-state index contributed by atoms with van der Waals surface area (Å²) >= 11 is 0. The van der Waals surface area contributed by atoms with Gasteiger partial charge in [0.15, 0.2) is 0 Å². The first-order valence-electron chi connectivity index (χ1n) is 8.93. The van der Waals surface area contributed by atoms with Crippen LogP contribution in [0.25, 0.3) is 0 Å². The van der Waals surface area contributed by atoms with Gasteiger partial charge >= 0.3 is 12.4 Å². The summed E-state index contributed by atoms with van der Waals surface area (Å²) in [5.41, 5.74) is -2.14. The number of carbonyl (C=O) groups excluding carboxylic acids is 1. The van der Waals surface area contributed by atoms with Crippen LogP contribution in [0.3, 0.4) is 0 Å². The molecule has 0 aliphatic carbocycles. The Kier molecular flexibility index (Phi) is 7.00. The lowest BCUT2D eigenvalue weighted by molar-refractivity contribution is -0.143. The molecule has 0 unspecified atom stereocenters. The highest BCUT2D eigenvalue weighted by Crippen LogP contribution is 2.37. The van der Waals surface area contributed by atoms with Gasteiger partial charge in [-0.15, -0.1) is 0 Å². The molecule has 0 saturated heterocycles. The van der Waals surface area contributed by atoms with Crippen molar-refractivity contribution in [2.75, 3.05) is 10.6 Å². The second kappa shape index (κ2) is 9.12. The predicted molar refractivity (Wildman–Crippen MR) is 103 cm³/mol. The van der Waals surface area contributed by atoms with E-state index >= 15 is 0 Å². The Morgan fingerprint density at radius 1 is 1.06 bits per heavy atom. The molecule has 0 saturated carbocycles. The maximum absolute atomic E-state index is 13.0. The van der Waals surface area contributed by atoms with Gasteiger partial charge in [0.25, 0.3) is 5.91 Å². The fourth-order valence-electron chi connectivity index (χ4n) is 2.73. The predicted octanol–water partition coefficient (Wildman–Crippen LogP) is 6.05. The lowest BCUT2D eigenvalue weighted by Crippen LogP contribution is -2.17. The molecule has 31 heavy (non-hydrogen) atoms. The van der Waals surface area contributed by atoms with Crippen LogP contribution in [0.1, 0.15) is 29.2 Å². The number of rotatable bonds is 5. The minimum Gasteiger partial charge on any atom is -0.360 e. The van der Waals surface area contributed by atoms with E-state index in [0.717, 1.165) is 17.3 Å². The van der Waals surface area contributed by atoms with Gasteiger partial charge in [-0.3, -0.25) is 4.79 Å². The Labute approximate surface area is 174 Å². The monoisotopic (exact) mass is 441 g/mol. The van der Waals surface area contributed by atoms with Gasteiger partial charge in [-0.05, 0) is 42.7 Å². The number of para-hydroxylation sites is 1. The van der Waals surface area contributed by atoms with Crippen LogP contribution in [0.4, 0.5) is 37.7 Å². The topological polar surface area (TPSA) is 64.9 Å². The number of amides is 1. The molecule has 0 radical (unpaired) electrons. The van der Waals surface area contributed by atoms with Gasteiger partial charge in [0.2, 0.25) is 0 Å². The van der Waals surface area contributed by atoms with Crippen LogP contribution in [0.2, 0.25) is 0 Å². The molecule has 0 aromatic heterocycles. The number of anilines is 2. The summed E-state index contributed by atoms with van der Waals surface area (Å²) in [6, 6.07) is 7.78. The highest BCUT2D eigenvalue weighted by molar-refractivity contribution is 6.07. The lowest BCUT2D eigenvalue weighted by Gasteiger charge is -2.14. The molecule has 0 atom stereocenters. The number of nitrogens with zero attached hydrogens (tertiary/aromatic N) is 1. The first-order chi connectivity index (χ1) is 14.4. The van der Waals surface area contributed by atoms with Crippen LogP contribution in [-0.2, 0) is 23.6 Å². The Morgan fingerprint density at radius 3 is 2.13 bits per heavy atom. The summed E-state index contributed by atoms with van der Waals surface area (Å²) in [6.45, 7) is 3.60. The fourth-order valence-corrected chi connectivity index (χ4v) is 2.73. The minimum atomic E-state index is -5.02. The molecule has 2 N–H and O–H groups in total. The van der Waals surface area contributed by atoms with Crippen molar-refractivity contribution in [2.45, 2.75) is 32.6 Å². The summed E-state index contributed by atoms with van der Waals surface area (Å²) in [4.78, 5) is 12.4. The highest BCUT2D eigenvalue weighted by Gasteiger charge is 2.36. The summed E-state index contributed by atoms with van der Waals surface area (Å²) < 4.78 is 77.7. The minimum absolute atomic E-state index is 0.0166. The van der Waals surface area contributed by atoms with E-state index in [2.05, 4.69) is 10.6 Å². The van der Waals surface area contributed by atoms with Crippen molar-refractivity contribution in [2.24, 2.45) is 0 Å². The quantitative estimate of drug-likeness (QED) is 0.337. The third-order valence-corrected chi connectivity index (χ3v) is 4.31. The largest absolute Gasteiger partial charge is 0.416 e. The molecule has 2 rings (SSSR count). The Morgan fingerprint density at radius 2 is 1.65 bits per heavy atom. The van der Waals surface area contributed by atoms with Gasteiger partial charge < -0.3 is 10.6 Å². The van der Waals surface area contributed by atoms with Crippen LogP contribution >= 0.6 is 0 Å². The van der Waals surface area contributed by atoms with Crippen LogP contribution in [0.5, 0.6) is 0 Å².